The van der Waals surface area contributed by atoms with Gasteiger partial charge in [-0.3, -0.25) is 0 Å². The molecule has 3 atom stereocenters. The number of aliphatic hydroxyl groups is 1. The fourth-order valence-corrected chi connectivity index (χ4v) is 1.87. The summed E-state index contributed by atoms with van der Waals surface area (Å²) in [6, 6.07) is 0. The van der Waals surface area contributed by atoms with Crippen LogP contribution in [0.4, 0.5) is 0 Å². The van der Waals surface area contributed by atoms with E-state index in [2.05, 4.69) is 6.58 Å². The van der Waals surface area contributed by atoms with Crippen LogP contribution in [0.15, 0.2) is 24.3 Å². The molecule has 2 rings (SSSR count). The number of fused-ring (bicyclic) bond motifs is 1. The Morgan fingerprint density at radius 2 is 2.23 bits per heavy atom. The minimum Gasteiger partial charge on any atom is -0.386 e. The van der Waals surface area contributed by atoms with Crippen LogP contribution < -0.4 is 0 Å². The average Bonchev–Trinajstić information content (AvgIpc) is 2.47. The van der Waals surface area contributed by atoms with Crippen LogP contribution in [0.3, 0.4) is 0 Å². The zero-order valence-electron chi connectivity index (χ0n) is 7.86. The third-order valence-corrected chi connectivity index (χ3v) is 2.39. The molecule has 1 N–H and O–H groups in total. The first kappa shape index (κ1) is 8.94. The van der Waals surface area contributed by atoms with E-state index in [1.807, 2.05) is 13.8 Å². The van der Waals surface area contributed by atoms with Gasteiger partial charge in [-0.25, -0.2) is 0 Å². The van der Waals surface area contributed by atoms with E-state index in [1.54, 1.807) is 12.2 Å². The van der Waals surface area contributed by atoms with Crippen LogP contribution in [0.5, 0.6) is 0 Å². The molecule has 1 aliphatic heterocycles. The van der Waals surface area contributed by atoms with Gasteiger partial charge in [0.25, 0.3) is 0 Å². The first-order valence-corrected chi connectivity index (χ1v) is 4.41. The Hall–Kier alpha value is -0.640. The molecule has 72 valence electrons. The lowest BCUT2D eigenvalue weighted by Crippen LogP contribution is -2.29. The molecular formula is C10H14O3. The summed E-state index contributed by atoms with van der Waals surface area (Å²) in [4.78, 5) is 0. The molecule has 3 unspecified atom stereocenters. The van der Waals surface area contributed by atoms with Crippen molar-refractivity contribution in [2.24, 2.45) is 0 Å². The van der Waals surface area contributed by atoms with Crippen molar-refractivity contribution < 1.29 is 14.6 Å². The molecule has 0 spiro atoms. The van der Waals surface area contributed by atoms with Crippen molar-refractivity contribution in [2.75, 3.05) is 0 Å². The summed E-state index contributed by atoms with van der Waals surface area (Å²) >= 11 is 0. The Balaban J connectivity index is 2.24. The van der Waals surface area contributed by atoms with Crippen LogP contribution in [-0.4, -0.2) is 29.2 Å². The smallest absolute Gasteiger partial charge is 0.164 e. The second-order valence-corrected chi connectivity index (χ2v) is 3.88. The fourth-order valence-electron chi connectivity index (χ4n) is 1.87. The van der Waals surface area contributed by atoms with E-state index >= 15 is 0 Å². The van der Waals surface area contributed by atoms with Crippen LogP contribution in [0.25, 0.3) is 0 Å². The number of rotatable bonds is 1. The van der Waals surface area contributed by atoms with Gasteiger partial charge < -0.3 is 14.6 Å². The molecular weight excluding hydrogens is 168 g/mol. The van der Waals surface area contributed by atoms with Crippen molar-refractivity contribution >= 4 is 0 Å². The molecule has 0 saturated carbocycles. The van der Waals surface area contributed by atoms with Crippen molar-refractivity contribution in [1.82, 2.24) is 0 Å². The molecule has 2 aliphatic rings. The van der Waals surface area contributed by atoms with E-state index in [0.717, 1.165) is 5.57 Å². The molecule has 1 saturated heterocycles. The molecule has 3 nitrogen and oxygen atoms in total. The standard InChI is InChI=1S/C10H14O3/c1-4-6-5-7(11)9-8(6)12-10(2,3)13-9/h4-5,7-9,11H,1H2,2-3H3. The highest BCUT2D eigenvalue weighted by atomic mass is 16.8. The predicted octanol–water partition coefficient (Wildman–Crippen LogP) is 0.993. The van der Waals surface area contributed by atoms with Crippen LogP contribution >= 0.6 is 0 Å². The largest absolute Gasteiger partial charge is 0.386 e. The van der Waals surface area contributed by atoms with Gasteiger partial charge in [-0.2, -0.15) is 0 Å². The Labute approximate surface area is 77.7 Å². The Kier molecular flexibility index (Phi) is 1.84. The van der Waals surface area contributed by atoms with Gasteiger partial charge in [0.1, 0.15) is 18.3 Å². The maximum atomic E-state index is 9.60. The zero-order chi connectivity index (χ0) is 9.64. The van der Waals surface area contributed by atoms with Crippen LogP contribution in [-0.2, 0) is 9.47 Å². The van der Waals surface area contributed by atoms with E-state index in [4.69, 9.17) is 9.47 Å². The third kappa shape index (κ3) is 1.33. The van der Waals surface area contributed by atoms with Gasteiger partial charge >= 0.3 is 0 Å². The molecule has 3 heteroatoms. The summed E-state index contributed by atoms with van der Waals surface area (Å²) in [6.07, 6.45) is 2.46. The zero-order valence-corrected chi connectivity index (χ0v) is 7.86. The van der Waals surface area contributed by atoms with E-state index < -0.39 is 11.9 Å². The number of hydrogen-bond donors (Lipinski definition) is 1. The van der Waals surface area contributed by atoms with Gasteiger partial charge in [0, 0.05) is 0 Å². The summed E-state index contributed by atoms with van der Waals surface area (Å²) in [5.74, 6) is -0.598. The average molecular weight is 182 g/mol. The van der Waals surface area contributed by atoms with Crippen molar-refractivity contribution in [3.8, 4) is 0 Å². The highest BCUT2D eigenvalue weighted by Gasteiger charge is 2.48. The van der Waals surface area contributed by atoms with Crippen LogP contribution in [0.1, 0.15) is 13.8 Å². The van der Waals surface area contributed by atoms with Gasteiger partial charge in [-0.15, -0.1) is 0 Å². The minimum atomic E-state index is -0.598. The molecule has 0 amide bonds. The normalized spacial score (nSPS) is 41.5. The van der Waals surface area contributed by atoms with Gasteiger partial charge in [0.05, 0.1) is 0 Å². The van der Waals surface area contributed by atoms with Crippen molar-refractivity contribution in [1.29, 1.82) is 0 Å². The molecule has 1 heterocycles. The van der Waals surface area contributed by atoms with Gasteiger partial charge in [-0.1, -0.05) is 12.7 Å². The lowest BCUT2D eigenvalue weighted by atomic mass is 10.1. The summed E-state index contributed by atoms with van der Waals surface area (Å²) in [6.45, 7) is 7.36. The van der Waals surface area contributed by atoms with Crippen molar-refractivity contribution in [2.45, 2.75) is 37.9 Å². The fraction of sp³-hybridized carbons (Fsp3) is 0.600. The Morgan fingerprint density at radius 3 is 2.85 bits per heavy atom. The highest BCUT2D eigenvalue weighted by Crippen LogP contribution is 2.38. The Morgan fingerprint density at radius 1 is 1.54 bits per heavy atom. The lowest BCUT2D eigenvalue weighted by molar-refractivity contribution is -0.152. The third-order valence-electron chi connectivity index (χ3n) is 2.39. The molecule has 1 aliphatic carbocycles. The second kappa shape index (κ2) is 2.67. The molecule has 1 fully saturated rings. The van der Waals surface area contributed by atoms with Crippen LogP contribution in [0.2, 0.25) is 0 Å². The van der Waals surface area contributed by atoms with E-state index in [-0.39, 0.29) is 12.2 Å². The maximum absolute atomic E-state index is 9.60. The first-order chi connectivity index (χ1) is 6.03. The number of ether oxygens (including phenoxy) is 2. The van der Waals surface area contributed by atoms with Gasteiger partial charge in [0.2, 0.25) is 0 Å². The Bertz CT molecular complexity index is 267. The minimum absolute atomic E-state index is 0.150. The summed E-state index contributed by atoms with van der Waals surface area (Å²) in [5.41, 5.74) is 0.920. The van der Waals surface area contributed by atoms with E-state index in [0.29, 0.717) is 0 Å². The van der Waals surface area contributed by atoms with Crippen LogP contribution in [0, 0.1) is 0 Å². The molecule has 0 aromatic rings. The van der Waals surface area contributed by atoms with Crippen molar-refractivity contribution in [3.05, 3.63) is 24.3 Å². The van der Waals surface area contributed by atoms with Crippen molar-refractivity contribution in [3.63, 3.8) is 0 Å². The van der Waals surface area contributed by atoms with E-state index in [1.165, 1.54) is 0 Å². The highest BCUT2D eigenvalue weighted by molar-refractivity contribution is 5.32. The summed E-state index contributed by atoms with van der Waals surface area (Å²) < 4.78 is 11.2. The topological polar surface area (TPSA) is 38.7 Å². The SMILES string of the molecule is C=CC1=CC(O)C2OC(C)(C)OC12. The number of hydrogen-bond acceptors (Lipinski definition) is 3. The first-order valence-electron chi connectivity index (χ1n) is 4.41. The lowest BCUT2D eigenvalue weighted by Gasteiger charge is -2.18. The van der Waals surface area contributed by atoms with Gasteiger partial charge in [0.15, 0.2) is 5.79 Å². The second-order valence-electron chi connectivity index (χ2n) is 3.88. The molecule has 0 bridgehead atoms. The molecule has 0 aromatic carbocycles. The molecule has 13 heavy (non-hydrogen) atoms. The maximum Gasteiger partial charge on any atom is 0.164 e. The summed E-state index contributed by atoms with van der Waals surface area (Å²) in [5, 5.41) is 9.60. The van der Waals surface area contributed by atoms with Gasteiger partial charge in [-0.05, 0) is 25.5 Å². The number of aliphatic hydroxyl groups excluding tert-OH is 1. The molecule has 0 radical (unpaired) electrons. The summed E-state index contributed by atoms with van der Waals surface area (Å²) in [7, 11) is 0. The monoisotopic (exact) mass is 182 g/mol. The molecule has 0 aromatic heterocycles. The quantitative estimate of drug-likeness (QED) is 0.657. The predicted molar refractivity (Wildman–Crippen MR) is 48.1 cm³/mol. The van der Waals surface area contributed by atoms with E-state index in [9.17, 15) is 5.11 Å².